The molecule has 0 aliphatic rings. The molecule has 0 bridgehead atoms. The van der Waals surface area contributed by atoms with Crippen LogP contribution in [0.4, 0.5) is 0 Å². The van der Waals surface area contributed by atoms with Crippen LogP contribution in [-0.4, -0.2) is 29.1 Å². The number of benzene rings is 1. The summed E-state index contributed by atoms with van der Waals surface area (Å²) in [7, 11) is 3.95. The molecule has 0 saturated heterocycles. The molecule has 0 radical (unpaired) electrons. The molecule has 1 aromatic heterocycles. The van der Waals surface area contributed by atoms with Gasteiger partial charge in [0.05, 0.1) is 0 Å². The van der Waals surface area contributed by atoms with E-state index < -0.39 is 0 Å². The van der Waals surface area contributed by atoms with Crippen LogP contribution < -0.4 is 0 Å². The Balaban J connectivity index is 2.48. The summed E-state index contributed by atoms with van der Waals surface area (Å²) in [6.07, 6.45) is 5.93. The third-order valence-corrected chi connectivity index (χ3v) is 2.25. The molecule has 0 amide bonds. The van der Waals surface area contributed by atoms with Gasteiger partial charge in [-0.3, -0.25) is 0 Å². The van der Waals surface area contributed by atoms with Gasteiger partial charge in [-0.15, -0.1) is 0 Å². The zero-order valence-electron chi connectivity index (χ0n) is 8.86. The largest absolute Gasteiger partial charge is 0.508 e. The SMILES string of the molecule is CN(C)C=Cc1c[nH]c2ccc(O)cc12. The summed E-state index contributed by atoms with van der Waals surface area (Å²) in [5, 5.41) is 10.4. The van der Waals surface area contributed by atoms with Gasteiger partial charge in [0.1, 0.15) is 5.75 Å². The maximum atomic E-state index is 9.40. The lowest BCUT2D eigenvalue weighted by Gasteiger charge is -2.02. The maximum Gasteiger partial charge on any atom is 0.116 e. The van der Waals surface area contributed by atoms with E-state index in [1.807, 2.05) is 43.5 Å². The van der Waals surface area contributed by atoms with Gasteiger partial charge in [-0.25, -0.2) is 0 Å². The first-order valence-electron chi connectivity index (χ1n) is 4.81. The molecule has 3 nitrogen and oxygen atoms in total. The van der Waals surface area contributed by atoms with Crippen molar-refractivity contribution in [1.29, 1.82) is 0 Å². The minimum atomic E-state index is 0.293. The predicted molar refractivity (Wildman–Crippen MR) is 62.7 cm³/mol. The van der Waals surface area contributed by atoms with Crippen molar-refractivity contribution in [1.82, 2.24) is 9.88 Å². The van der Waals surface area contributed by atoms with E-state index in [0.717, 1.165) is 16.5 Å². The molecule has 0 saturated carbocycles. The minimum absolute atomic E-state index is 0.293. The highest BCUT2D eigenvalue weighted by atomic mass is 16.3. The monoisotopic (exact) mass is 202 g/mol. The van der Waals surface area contributed by atoms with Crippen molar-refractivity contribution in [2.75, 3.05) is 14.1 Å². The van der Waals surface area contributed by atoms with E-state index >= 15 is 0 Å². The molecule has 0 aliphatic heterocycles. The molecule has 1 heterocycles. The fraction of sp³-hybridized carbons (Fsp3) is 0.167. The van der Waals surface area contributed by atoms with E-state index in [4.69, 9.17) is 0 Å². The summed E-state index contributed by atoms with van der Waals surface area (Å²) in [6.45, 7) is 0. The Kier molecular flexibility index (Phi) is 2.37. The second kappa shape index (κ2) is 3.69. The lowest BCUT2D eigenvalue weighted by molar-refractivity contribution is 0.476. The Hall–Kier alpha value is -1.90. The van der Waals surface area contributed by atoms with Gasteiger partial charge in [-0.05, 0) is 30.5 Å². The number of aromatic amines is 1. The number of hydrogen-bond donors (Lipinski definition) is 2. The average Bonchev–Trinajstić information content (AvgIpc) is 2.57. The van der Waals surface area contributed by atoms with E-state index in [-0.39, 0.29) is 0 Å². The van der Waals surface area contributed by atoms with Gasteiger partial charge in [0, 0.05) is 36.8 Å². The second-order valence-corrected chi connectivity index (χ2v) is 3.75. The summed E-state index contributed by atoms with van der Waals surface area (Å²) in [6, 6.07) is 5.32. The molecule has 2 N–H and O–H groups in total. The summed E-state index contributed by atoms with van der Waals surface area (Å²) >= 11 is 0. The fourth-order valence-electron chi connectivity index (χ4n) is 1.50. The van der Waals surface area contributed by atoms with Crippen molar-refractivity contribution < 1.29 is 5.11 Å². The Morgan fingerprint density at radius 2 is 2.13 bits per heavy atom. The van der Waals surface area contributed by atoms with Crippen molar-refractivity contribution >= 4 is 17.0 Å². The third kappa shape index (κ3) is 1.96. The van der Waals surface area contributed by atoms with Crippen molar-refractivity contribution in [2.24, 2.45) is 0 Å². The van der Waals surface area contributed by atoms with Crippen LogP contribution in [0.2, 0.25) is 0 Å². The Labute approximate surface area is 88.6 Å². The Morgan fingerprint density at radius 3 is 2.87 bits per heavy atom. The van der Waals surface area contributed by atoms with E-state index in [9.17, 15) is 5.11 Å². The first-order chi connectivity index (χ1) is 7.16. The van der Waals surface area contributed by atoms with E-state index in [1.54, 1.807) is 12.1 Å². The van der Waals surface area contributed by atoms with Gasteiger partial charge in [0.2, 0.25) is 0 Å². The standard InChI is InChI=1S/C12H14N2O/c1-14(2)6-5-9-8-13-12-4-3-10(15)7-11(9)12/h3-8,13,15H,1-2H3. The van der Waals surface area contributed by atoms with E-state index in [0.29, 0.717) is 5.75 Å². The summed E-state index contributed by atoms with van der Waals surface area (Å²) in [5.41, 5.74) is 2.11. The van der Waals surface area contributed by atoms with Crippen LogP contribution in [-0.2, 0) is 0 Å². The van der Waals surface area contributed by atoms with Crippen molar-refractivity contribution in [3.8, 4) is 5.75 Å². The molecule has 0 spiro atoms. The number of hydrogen-bond acceptors (Lipinski definition) is 2. The molecule has 0 aliphatic carbocycles. The first kappa shape index (κ1) is 9.65. The van der Waals surface area contributed by atoms with E-state index in [1.165, 1.54) is 0 Å². The summed E-state index contributed by atoms with van der Waals surface area (Å²) < 4.78 is 0. The third-order valence-electron chi connectivity index (χ3n) is 2.25. The molecule has 0 atom stereocenters. The molecule has 0 fully saturated rings. The molecule has 15 heavy (non-hydrogen) atoms. The Morgan fingerprint density at radius 1 is 1.33 bits per heavy atom. The zero-order valence-corrected chi connectivity index (χ0v) is 8.86. The zero-order chi connectivity index (χ0) is 10.8. The molecule has 2 aromatic rings. The lowest BCUT2D eigenvalue weighted by atomic mass is 10.1. The molecular weight excluding hydrogens is 188 g/mol. The van der Waals surface area contributed by atoms with Gasteiger partial charge < -0.3 is 15.0 Å². The number of H-pyrrole nitrogens is 1. The smallest absolute Gasteiger partial charge is 0.116 e. The van der Waals surface area contributed by atoms with Crippen LogP contribution in [0.25, 0.3) is 17.0 Å². The normalized spacial score (nSPS) is 11.3. The molecule has 0 unspecified atom stereocenters. The van der Waals surface area contributed by atoms with Gasteiger partial charge in [-0.1, -0.05) is 0 Å². The summed E-state index contributed by atoms with van der Waals surface area (Å²) in [4.78, 5) is 5.13. The van der Waals surface area contributed by atoms with Crippen LogP contribution in [0, 0.1) is 0 Å². The van der Waals surface area contributed by atoms with Crippen LogP contribution in [0.1, 0.15) is 5.56 Å². The quantitative estimate of drug-likeness (QED) is 0.785. The van der Waals surface area contributed by atoms with Crippen molar-refractivity contribution in [3.63, 3.8) is 0 Å². The van der Waals surface area contributed by atoms with Gasteiger partial charge >= 0.3 is 0 Å². The Bertz CT molecular complexity index is 497. The molecule has 2 rings (SSSR count). The van der Waals surface area contributed by atoms with Gasteiger partial charge in [0.15, 0.2) is 0 Å². The number of aromatic nitrogens is 1. The highest BCUT2D eigenvalue weighted by molar-refractivity contribution is 5.89. The topological polar surface area (TPSA) is 39.3 Å². The number of fused-ring (bicyclic) bond motifs is 1. The van der Waals surface area contributed by atoms with Crippen molar-refractivity contribution in [2.45, 2.75) is 0 Å². The average molecular weight is 202 g/mol. The highest BCUT2D eigenvalue weighted by Gasteiger charge is 2.01. The number of nitrogens with one attached hydrogen (secondary N) is 1. The van der Waals surface area contributed by atoms with Gasteiger partial charge in [-0.2, -0.15) is 0 Å². The first-order valence-corrected chi connectivity index (χ1v) is 4.81. The molecule has 78 valence electrons. The summed E-state index contributed by atoms with van der Waals surface area (Å²) in [5.74, 6) is 0.293. The molecular formula is C12H14N2O. The maximum absolute atomic E-state index is 9.40. The number of aromatic hydroxyl groups is 1. The molecule has 3 heteroatoms. The lowest BCUT2D eigenvalue weighted by Crippen LogP contribution is -1.99. The van der Waals surface area contributed by atoms with Crippen LogP contribution in [0.15, 0.2) is 30.6 Å². The number of rotatable bonds is 2. The number of phenolic OH excluding ortho intramolecular Hbond substituents is 1. The second-order valence-electron chi connectivity index (χ2n) is 3.75. The van der Waals surface area contributed by atoms with Gasteiger partial charge in [0.25, 0.3) is 0 Å². The van der Waals surface area contributed by atoms with Crippen molar-refractivity contribution in [3.05, 3.63) is 36.2 Å². The highest BCUT2D eigenvalue weighted by Crippen LogP contribution is 2.23. The molecule has 1 aromatic carbocycles. The van der Waals surface area contributed by atoms with E-state index in [2.05, 4.69) is 4.98 Å². The number of phenols is 1. The minimum Gasteiger partial charge on any atom is -0.508 e. The predicted octanol–water partition coefficient (Wildman–Crippen LogP) is 2.41. The van der Waals surface area contributed by atoms with Crippen LogP contribution >= 0.6 is 0 Å². The van der Waals surface area contributed by atoms with Crippen LogP contribution in [0.3, 0.4) is 0 Å². The van der Waals surface area contributed by atoms with Crippen LogP contribution in [0.5, 0.6) is 5.75 Å². The number of nitrogens with zero attached hydrogens (tertiary/aromatic N) is 1. The fourth-order valence-corrected chi connectivity index (χ4v) is 1.50.